The number of carboxylic acids is 1. The smallest absolute Gasteiger partial charge is 0.336 e. The predicted octanol–water partition coefficient (Wildman–Crippen LogP) is 6.48. The number of benzene rings is 3. The summed E-state index contributed by atoms with van der Waals surface area (Å²) >= 11 is 4.41. The summed E-state index contributed by atoms with van der Waals surface area (Å²) in [5.41, 5.74) is 5.33. The number of hydrogen-bond donors (Lipinski definition) is 3. The number of thiol groups is 1. The topological polar surface area (TPSA) is 84.2 Å². The second-order valence-corrected chi connectivity index (χ2v) is 10.5. The molecule has 3 aromatic carbocycles. The van der Waals surface area contributed by atoms with Crippen LogP contribution in [0, 0.1) is 5.92 Å². The van der Waals surface area contributed by atoms with E-state index in [0.29, 0.717) is 29.3 Å². The molecule has 6 nitrogen and oxygen atoms in total. The van der Waals surface area contributed by atoms with Crippen LogP contribution < -0.4 is 5.32 Å². The summed E-state index contributed by atoms with van der Waals surface area (Å²) in [6.45, 7) is 7.04. The fourth-order valence-electron chi connectivity index (χ4n) is 4.82. The number of carbonyl (C=O) groups is 2. The van der Waals surface area contributed by atoms with Gasteiger partial charge in [-0.25, -0.2) is 9.78 Å². The Morgan fingerprint density at radius 2 is 1.79 bits per heavy atom. The second-order valence-electron chi connectivity index (χ2n) is 10.1. The molecule has 1 aromatic heterocycles. The molecule has 0 saturated heterocycles. The number of nitrogens with one attached hydrogen (secondary N) is 1. The zero-order chi connectivity index (χ0) is 27.2. The summed E-state index contributed by atoms with van der Waals surface area (Å²) in [6, 6.07) is 20.8. The Hall–Kier alpha value is -3.58. The van der Waals surface area contributed by atoms with Gasteiger partial charge >= 0.3 is 5.97 Å². The number of carboxylic acid groups (broad SMARTS) is 1. The van der Waals surface area contributed by atoms with Crippen LogP contribution in [-0.2, 0) is 13.0 Å². The van der Waals surface area contributed by atoms with E-state index in [-0.39, 0.29) is 17.5 Å². The van der Waals surface area contributed by atoms with Crippen molar-refractivity contribution >= 4 is 35.5 Å². The number of aromatic nitrogens is 2. The maximum atomic E-state index is 12.9. The monoisotopic (exact) mass is 529 g/mol. The van der Waals surface area contributed by atoms with E-state index in [2.05, 4.69) is 43.3 Å². The lowest BCUT2D eigenvalue weighted by molar-refractivity contribution is 0.0697. The zero-order valence-corrected chi connectivity index (χ0v) is 23.0. The summed E-state index contributed by atoms with van der Waals surface area (Å²) in [5.74, 6) is 1.02. The third-order valence-corrected chi connectivity index (χ3v) is 7.08. The number of fused-ring (bicyclic) bond motifs is 1. The Morgan fingerprint density at radius 3 is 2.45 bits per heavy atom. The van der Waals surface area contributed by atoms with Crippen LogP contribution in [0.25, 0.3) is 22.2 Å². The third-order valence-electron chi connectivity index (χ3n) is 6.64. The summed E-state index contributed by atoms with van der Waals surface area (Å²) < 4.78 is 2.20. The predicted molar refractivity (Wildman–Crippen MR) is 156 cm³/mol. The lowest BCUT2D eigenvalue weighted by Gasteiger charge is -2.18. The van der Waals surface area contributed by atoms with Crippen LogP contribution in [0.3, 0.4) is 0 Å². The molecule has 0 fully saturated rings. The molecule has 4 rings (SSSR count). The number of hydrogen-bond acceptors (Lipinski definition) is 4. The number of aromatic carboxylic acids is 1. The minimum atomic E-state index is -0.937. The molecule has 0 aliphatic carbocycles. The molecule has 1 atom stereocenters. The van der Waals surface area contributed by atoms with Crippen LogP contribution in [0.15, 0.2) is 66.7 Å². The van der Waals surface area contributed by atoms with Crippen molar-refractivity contribution in [1.29, 1.82) is 0 Å². The van der Waals surface area contributed by atoms with Gasteiger partial charge in [0, 0.05) is 30.3 Å². The number of carbonyl (C=O) groups excluding carboxylic acids is 1. The minimum Gasteiger partial charge on any atom is -0.478 e. The van der Waals surface area contributed by atoms with Crippen molar-refractivity contribution < 1.29 is 14.7 Å². The lowest BCUT2D eigenvalue weighted by atomic mass is 9.99. The highest BCUT2D eigenvalue weighted by atomic mass is 32.1. The van der Waals surface area contributed by atoms with Crippen molar-refractivity contribution in [2.75, 3.05) is 5.75 Å². The first-order chi connectivity index (χ1) is 18.3. The van der Waals surface area contributed by atoms with E-state index in [4.69, 9.17) is 4.98 Å². The van der Waals surface area contributed by atoms with E-state index in [1.165, 1.54) is 0 Å². The number of rotatable bonds is 11. The largest absolute Gasteiger partial charge is 0.478 e. The van der Waals surface area contributed by atoms with Crippen LogP contribution in [0.1, 0.15) is 65.7 Å². The summed E-state index contributed by atoms with van der Waals surface area (Å²) in [4.78, 5) is 29.5. The Labute approximate surface area is 229 Å². The molecule has 0 bridgehead atoms. The number of aryl methyl sites for hydroxylation is 1. The second kappa shape index (κ2) is 12.3. The van der Waals surface area contributed by atoms with Gasteiger partial charge in [-0.15, -0.1) is 0 Å². The van der Waals surface area contributed by atoms with Crippen LogP contribution in [0.2, 0.25) is 0 Å². The number of amides is 1. The molecule has 198 valence electrons. The lowest BCUT2D eigenvalue weighted by Crippen LogP contribution is -2.37. The maximum Gasteiger partial charge on any atom is 0.336 e. The van der Waals surface area contributed by atoms with Gasteiger partial charge in [0.15, 0.2) is 0 Å². The van der Waals surface area contributed by atoms with E-state index in [9.17, 15) is 14.7 Å². The Kier molecular flexibility index (Phi) is 8.89. The van der Waals surface area contributed by atoms with Gasteiger partial charge in [-0.1, -0.05) is 63.2 Å². The molecule has 0 saturated carbocycles. The first kappa shape index (κ1) is 27.5. The molecular weight excluding hydrogens is 494 g/mol. The third kappa shape index (κ3) is 6.27. The SMILES string of the molecule is CCCc1nc2cc(C(=O)NC(CS)CC(C)C)ccc2n1Cc1ccc(-c2ccccc2C(=O)O)cc1. The molecular formula is C31H35N3O3S. The molecule has 2 N–H and O–H groups in total. The van der Waals surface area contributed by atoms with Crippen molar-refractivity contribution in [3.05, 3.63) is 89.2 Å². The average Bonchev–Trinajstić information content (AvgIpc) is 3.24. The zero-order valence-electron chi connectivity index (χ0n) is 22.1. The van der Waals surface area contributed by atoms with Crippen molar-refractivity contribution in [2.24, 2.45) is 5.92 Å². The van der Waals surface area contributed by atoms with Gasteiger partial charge in [0.05, 0.1) is 16.6 Å². The van der Waals surface area contributed by atoms with E-state index in [0.717, 1.165) is 47.2 Å². The quantitative estimate of drug-likeness (QED) is 0.194. The van der Waals surface area contributed by atoms with Gasteiger partial charge < -0.3 is 15.0 Å². The standard InChI is InChI=1S/C31H35N3O3S/c1-4-7-29-33-27-17-23(30(35)32-24(19-38)16-20(2)3)14-15-28(27)34(29)18-21-10-12-22(13-11-21)25-8-5-6-9-26(25)31(36)37/h5-6,8-15,17,20,24,38H,4,7,16,18-19H2,1-3H3,(H,32,35)(H,36,37). The number of imidazole rings is 1. The van der Waals surface area contributed by atoms with Crippen LogP contribution >= 0.6 is 12.6 Å². The Bertz CT molecular complexity index is 1430. The van der Waals surface area contributed by atoms with E-state index in [1.54, 1.807) is 12.1 Å². The van der Waals surface area contributed by atoms with E-state index in [1.807, 2.05) is 54.6 Å². The molecule has 1 heterocycles. The van der Waals surface area contributed by atoms with Gasteiger partial charge in [-0.3, -0.25) is 4.79 Å². The molecule has 0 aliphatic heterocycles. The Morgan fingerprint density at radius 1 is 1.05 bits per heavy atom. The molecule has 1 amide bonds. The van der Waals surface area contributed by atoms with Crippen LogP contribution in [0.5, 0.6) is 0 Å². The highest BCUT2D eigenvalue weighted by Crippen LogP contribution is 2.26. The molecule has 1 unspecified atom stereocenters. The molecule has 0 radical (unpaired) electrons. The molecule has 0 aliphatic rings. The highest BCUT2D eigenvalue weighted by Gasteiger charge is 2.17. The van der Waals surface area contributed by atoms with Crippen molar-refractivity contribution in [3.8, 4) is 11.1 Å². The van der Waals surface area contributed by atoms with Gasteiger partial charge in [0.1, 0.15) is 5.82 Å². The van der Waals surface area contributed by atoms with Gasteiger partial charge in [-0.2, -0.15) is 12.6 Å². The molecule has 38 heavy (non-hydrogen) atoms. The minimum absolute atomic E-state index is 0.0279. The average molecular weight is 530 g/mol. The summed E-state index contributed by atoms with van der Waals surface area (Å²) in [7, 11) is 0. The first-order valence-electron chi connectivity index (χ1n) is 13.1. The Balaban J connectivity index is 1.60. The summed E-state index contributed by atoms with van der Waals surface area (Å²) in [6.07, 6.45) is 2.67. The highest BCUT2D eigenvalue weighted by molar-refractivity contribution is 7.80. The van der Waals surface area contributed by atoms with Crippen molar-refractivity contribution in [2.45, 2.75) is 52.6 Å². The van der Waals surface area contributed by atoms with Crippen molar-refractivity contribution in [1.82, 2.24) is 14.9 Å². The molecule has 7 heteroatoms. The van der Waals surface area contributed by atoms with E-state index < -0.39 is 5.97 Å². The van der Waals surface area contributed by atoms with E-state index >= 15 is 0 Å². The van der Waals surface area contributed by atoms with Gasteiger partial charge in [-0.05, 0) is 59.7 Å². The maximum absolute atomic E-state index is 12.9. The normalized spacial score (nSPS) is 12.1. The number of nitrogens with zero attached hydrogens (tertiary/aromatic N) is 2. The fraction of sp³-hybridized carbons (Fsp3) is 0.323. The summed E-state index contributed by atoms with van der Waals surface area (Å²) in [5, 5.41) is 12.6. The fourth-order valence-corrected chi connectivity index (χ4v) is 5.06. The first-order valence-corrected chi connectivity index (χ1v) is 13.8. The van der Waals surface area contributed by atoms with Crippen molar-refractivity contribution in [3.63, 3.8) is 0 Å². The van der Waals surface area contributed by atoms with Crippen LogP contribution in [0.4, 0.5) is 0 Å². The van der Waals surface area contributed by atoms with Crippen LogP contribution in [-0.4, -0.2) is 38.3 Å². The molecule has 4 aromatic rings. The molecule has 0 spiro atoms. The van der Waals surface area contributed by atoms with Gasteiger partial charge in [0.25, 0.3) is 5.91 Å². The van der Waals surface area contributed by atoms with Gasteiger partial charge in [0.2, 0.25) is 0 Å².